The number of hydrogen-bond donors (Lipinski definition) is 1. The molecular formula is C17H34N2O. The standard InChI is InChI=1S/C17H34N2O/c1-4-14(3)17-13-19(15(5-2)12-18-17)10-11-20-16-8-6-7-9-16/h14-18H,4-13H2,1-3H3. The zero-order valence-electron chi connectivity index (χ0n) is 13.7. The fourth-order valence-corrected chi connectivity index (χ4v) is 3.62. The quantitative estimate of drug-likeness (QED) is 0.777. The maximum atomic E-state index is 6.06. The first-order valence-corrected chi connectivity index (χ1v) is 8.83. The van der Waals surface area contributed by atoms with E-state index in [1.165, 1.54) is 45.1 Å². The van der Waals surface area contributed by atoms with Crippen molar-refractivity contribution in [2.45, 2.75) is 77.5 Å². The lowest BCUT2D eigenvalue weighted by Crippen LogP contribution is -2.58. The van der Waals surface area contributed by atoms with Crippen LogP contribution >= 0.6 is 0 Å². The molecule has 0 aromatic heterocycles. The number of ether oxygens (including phenoxy) is 1. The molecule has 3 nitrogen and oxygen atoms in total. The van der Waals surface area contributed by atoms with Crippen LogP contribution in [0.3, 0.4) is 0 Å². The van der Waals surface area contributed by atoms with E-state index in [9.17, 15) is 0 Å². The van der Waals surface area contributed by atoms with Gasteiger partial charge in [-0.05, 0) is 25.2 Å². The fraction of sp³-hybridized carbons (Fsp3) is 1.00. The summed E-state index contributed by atoms with van der Waals surface area (Å²) in [7, 11) is 0. The van der Waals surface area contributed by atoms with Crippen LogP contribution in [0, 0.1) is 5.92 Å². The number of piperazine rings is 1. The molecule has 3 heteroatoms. The third-order valence-corrected chi connectivity index (χ3v) is 5.40. The summed E-state index contributed by atoms with van der Waals surface area (Å²) < 4.78 is 6.06. The van der Waals surface area contributed by atoms with Crippen molar-refractivity contribution in [1.82, 2.24) is 10.2 Å². The third kappa shape index (κ3) is 4.44. The van der Waals surface area contributed by atoms with Gasteiger partial charge in [-0.3, -0.25) is 4.90 Å². The Morgan fingerprint density at radius 3 is 2.65 bits per heavy atom. The van der Waals surface area contributed by atoms with Gasteiger partial charge in [0.05, 0.1) is 12.7 Å². The second kappa shape index (κ2) is 8.35. The lowest BCUT2D eigenvalue weighted by atomic mass is 9.95. The maximum absolute atomic E-state index is 6.06. The Balaban J connectivity index is 1.75. The molecule has 1 N–H and O–H groups in total. The minimum atomic E-state index is 0.559. The van der Waals surface area contributed by atoms with Crippen molar-refractivity contribution in [2.24, 2.45) is 5.92 Å². The van der Waals surface area contributed by atoms with Crippen molar-refractivity contribution >= 4 is 0 Å². The molecule has 0 radical (unpaired) electrons. The van der Waals surface area contributed by atoms with Crippen molar-refractivity contribution in [3.05, 3.63) is 0 Å². The highest BCUT2D eigenvalue weighted by atomic mass is 16.5. The Hall–Kier alpha value is -0.120. The molecule has 2 rings (SSSR count). The highest BCUT2D eigenvalue weighted by Crippen LogP contribution is 2.21. The van der Waals surface area contributed by atoms with Gasteiger partial charge in [-0.1, -0.05) is 40.0 Å². The second-order valence-corrected chi connectivity index (χ2v) is 6.73. The van der Waals surface area contributed by atoms with E-state index in [0.717, 1.165) is 25.6 Å². The van der Waals surface area contributed by atoms with Gasteiger partial charge in [0.25, 0.3) is 0 Å². The molecule has 0 aromatic carbocycles. The number of nitrogens with one attached hydrogen (secondary N) is 1. The molecule has 2 fully saturated rings. The van der Waals surface area contributed by atoms with Gasteiger partial charge in [0, 0.05) is 31.7 Å². The van der Waals surface area contributed by atoms with Gasteiger partial charge in [-0.15, -0.1) is 0 Å². The molecule has 3 unspecified atom stereocenters. The molecule has 2 aliphatic rings. The molecule has 20 heavy (non-hydrogen) atoms. The predicted octanol–water partition coefficient (Wildman–Crippen LogP) is 3.04. The highest BCUT2D eigenvalue weighted by Gasteiger charge is 2.29. The van der Waals surface area contributed by atoms with Crippen molar-refractivity contribution in [3.8, 4) is 0 Å². The normalized spacial score (nSPS) is 30.8. The molecule has 0 bridgehead atoms. The van der Waals surface area contributed by atoms with E-state index >= 15 is 0 Å². The summed E-state index contributed by atoms with van der Waals surface area (Å²) in [5.41, 5.74) is 0. The molecule has 1 aliphatic heterocycles. The van der Waals surface area contributed by atoms with Crippen LogP contribution in [0.15, 0.2) is 0 Å². The summed E-state index contributed by atoms with van der Waals surface area (Å²) in [6.45, 7) is 11.4. The molecule has 1 saturated heterocycles. The van der Waals surface area contributed by atoms with Crippen LogP contribution < -0.4 is 5.32 Å². The van der Waals surface area contributed by atoms with Crippen LogP contribution in [0.25, 0.3) is 0 Å². The van der Waals surface area contributed by atoms with Crippen LogP contribution in [0.4, 0.5) is 0 Å². The van der Waals surface area contributed by atoms with E-state index in [1.54, 1.807) is 0 Å². The summed E-state index contributed by atoms with van der Waals surface area (Å²) in [5, 5.41) is 3.75. The molecule has 0 amide bonds. The molecule has 1 saturated carbocycles. The summed E-state index contributed by atoms with van der Waals surface area (Å²) in [6, 6.07) is 1.36. The van der Waals surface area contributed by atoms with Crippen LogP contribution in [-0.2, 0) is 4.74 Å². The average molecular weight is 282 g/mol. The fourth-order valence-electron chi connectivity index (χ4n) is 3.62. The number of rotatable bonds is 7. The van der Waals surface area contributed by atoms with Crippen molar-refractivity contribution in [3.63, 3.8) is 0 Å². The van der Waals surface area contributed by atoms with Gasteiger partial charge in [-0.25, -0.2) is 0 Å². The lowest BCUT2D eigenvalue weighted by Gasteiger charge is -2.42. The van der Waals surface area contributed by atoms with Crippen LogP contribution in [0.1, 0.15) is 59.3 Å². The van der Waals surface area contributed by atoms with E-state index in [1.807, 2.05) is 0 Å². The first-order chi connectivity index (χ1) is 9.74. The first-order valence-electron chi connectivity index (χ1n) is 8.83. The van der Waals surface area contributed by atoms with Gasteiger partial charge in [0.1, 0.15) is 0 Å². The smallest absolute Gasteiger partial charge is 0.0597 e. The molecule has 1 aliphatic carbocycles. The zero-order chi connectivity index (χ0) is 14.4. The van der Waals surface area contributed by atoms with E-state index in [-0.39, 0.29) is 0 Å². The summed E-state index contributed by atoms with van der Waals surface area (Å²) >= 11 is 0. The molecule has 3 atom stereocenters. The van der Waals surface area contributed by atoms with Gasteiger partial charge in [0.2, 0.25) is 0 Å². The third-order valence-electron chi connectivity index (χ3n) is 5.40. The number of hydrogen-bond acceptors (Lipinski definition) is 3. The lowest BCUT2D eigenvalue weighted by molar-refractivity contribution is 0.0197. The van der Waals surface area contributed by atoms with Crippen molar-refractivity contribution in [2.75, 3.05) is 26.2 Å². The van der Waals surface area contributed by atoms with Crippen LogP contribution in [0.2, 0.25) is 0 Å². The minimum absolute atomic E-state index is 0.559. The minimum Gasteiger partial charge on any atom is -0.377 e. The number of nitrogens with zero attached hydrogens (tertiary/aromatic N) is 1. The van der Waals surface area contributed by atoms with Gasteiger partial charge < -0.3 is 10.1 Å². The Morgan fingerprint density at radius 2 is 2.00 bits per heavy atom. The van der Waals surface area contributed by atoms with Crippen molar-refractivity contribution < 1.29 is 4.74 Å². The molecule has 0 spiro atoms. The van der Waals surface area contributed by atoms with E-state index in [0.29, 0.717) is 18.2 Å². The van der Waals surface area contributed by atoms with Gasteiger partial charge in [-0.2, -0.15) is 0 Å². The summed E-state index contributed by atoms with van der Waals surface area (Å²) in [6.07, 6.45) is 8.37. The van der Waals surface area contributed by atoms with Crippen LogP contribution in [0.5, 0.6) is 0 Å². The Kier molecular flexibility index (Phi) is 6.79. The highest BCUT2D eigenvalue weighted by molar-refractivity contribution is 4.87. The maximum Gasteiger partial charge on any atom is 0.0597 e. The van der Waals surface area contributed by atoms with Gasteiger partial charge >= 0.3 is 0 Å². The van der Waals surface area contributed by atoms with E-state index in [4.69, 9.17) is 4.74 Å². The summed E-state index contributed by atoms with van der Waals surface area (Å²) in [4.78, 5) is 2.67. The van der Waals surface area contributed by atoms with Crippen molar-refractivity contribution in [1.29, 1.82) is 0 Å². The predicted molar refractivity (Wildman–Crippen MR) is 85.1 cm³/mol. The Labute approximate surface area is 125 Å². The second-order valence-electron chi connectivity index (χ2n) is 6.73. The topological polar surface area (TPSA) is 24.5 Å². The summed E-state index contributed by atoms with van der Waals surface area (Å²) in [5.74, 6) is 0.769. The first kappa shape index (κ1) is 16.3. The SMILES string of the molecule is CCC(C)C1CN(CCOC2CCCC2)C(CC)CN1. The largest absolute Gasteiger partial charge is 0.377 e. The molecule has 0 aromatic rings. The monoisotopic (exact) mass is 282 g/mol. The molecule has 1 heterocycles. The van der Waals surface area contributed by atoms with E-state index in [2.05, 4.69) is 31.0 Å². The van der Waals surface area contributed by atoms with E-state index < -0.39 is 0 Å². The Bertz CT molecular complexity index is 266. The average Bonchev–Trinajstić information content (AvgIpc) is 2.99. The van der Waals surface area contributed by atoms with Crippen LogP contribution in [-0.4, -0.2) is 49.3 Å². The molecule has 118 valence electrons. The Morgan fingerprint density at radius 1 is 1.25 bits per heavy atom. The zero-order valence-corrected chi connectivity index (χ0v) is 13.7. The molecular weight excluding hydrogens is 248 g/mol. The van der Waals surface area contributed by atoms with Gasteiger partial charge in [0.15, 0.2) is 0 Å².